The van der Waals surface area contributed by atoms with Gasteiger partial charge in [0.25, 0.3) is 0 Å². The third-order valence-electron chi connectivity index (χ3n) is 3.44. The van der Waals surface area contributed by atoms with Gasteiger partial charge in [-0.2, -0.15) is 0 Å². The van der Waals surface area contributed by atoms with Crippen molar-refractivity contribution < 1.29 is 9.53 Å². The summed E-state index contributed by atoms with van der Waals surface area (Å²) in [5.41, 5.74) is 2.84. The standard InChI is InChI=1S/C16H16N2O2/c1-20-12-8-6-11(7-9-12)15-10-16(19)18-14-5-3-2-4-13(14)17-15/h2-9,15,17H,10H2,1H3,(H,18,19). The fourth-order valence-corrected chi connectivity index (χ4v) is 2.38. The van der Waals surface area contributed by atoms with Crippen molar-refractivity contribution in [3.63, 3.8) is 0 Å². The van der Waals surface area contributed by atoms with Crippen LogP contribution in [0.4, 0.5) is 11.4 Å². The van der Waals surface area contributed by atoms with Gasteiger partial charge in [0, 0.05) is 0 Å². The molecule has 1 atom stereocenters. The molecule has 0 radical (unpaired) electrons. The number of amides is 1. The number of hydrogen-bond donors (Lipinski definition) is 2. The minimum Gasteiger partial charge on any atom is -0.497 e. The number of ether oxygens (including phenoxy) is 1. The van der Waals surface area contributed by atoms with Crippen LogP contribution in [0.1, 0.15) is 18.0 Å². The van der Waals surface area contributed by atoms with Gasteiger partial charge in [-0.15, -0.1) is 0 Å². The van der Waals surface area contributed by atoms with E-state index < -0.39 is 0 Å². The van der Waals surface area contributed by atoms with Crippen molar-refractivity contribution in [1.82, 2.24) is 0 Å². The van der Waals surface area contributed by atoms with Gasteiger partial charge in [0.2, 0.25) is 5.91 Å². The van der Waals surface area contributed by atoms with Gasteiger partial charge < -0.3 is 15.4 Å². The predicted octanol–water partition coefficient (Wildman–Crippen LogP) is 3.19. The summed E-state index contributed by atoms with van der Waals surface area (Å²) in [6, 6.07) is 15.5. The molecule has 2 N–H and O–H groups in total. The van der Waals surface area contributed by atoms with Gasteiger partial charge in [-0.3, -0.25) is 4.79 Å². The maximum absolute atomic E-state index is 12.0. The van der Waals surface area contributed by atoms with E-state index in [1.807, 2.05) is 48.5 Å². The van der Waals surface area contributed by atoms with E-state index in [-0.39, 0.29) is 11.9 Å². The summed E-state index contributed by atoms with van der Waals surface area (Å²) in [5.74, 6) is 0.829. The molecule has 1 heterocycles. The minimum absolute atomic E-state index is 0.0169. The second-order valence-electron chi connectivity index (χ2n) is 4.77. The number of carbonyl (C=O) groups is 1. The van der Waals surface area contributed by atoms with Crippen LogP contribution in [-0.4, -0.2) is 13.0 Å². The fraction of sp³-hybridized carbons (Fsp3) is 0.188. The van der Waals surface area contributed by atoms with Crippen molar-refractivity contribution in [1.29, 1.82) is 0 Å². The highest BCUT2D eigenvalue weighted by Crippen LogP contribution is 2.32. The third kappa shape index (κ3) is 2.45. The lowest BCUT2D eigenvalue weighted by atomic mass is 10.0. The highest BCUT2D eigenvalue weighted by atomic mass is 16.5. The summed E-state index contributed by atoms with van der Waals surface area (Å²) in [7, 11) is 1.64. The molecule has 0 aliphatic carbocycles. The Morgan fingerprint density at radius 1 is 1.05 bits per heavy atom. The van der Waals surface area contributed by atoms with E-state index in [0.717, 1.165) is 22.7 Å². The van der Waals surface area contributed by atoms with Gasteiger partial charge in [-0.05, 0) is 29.8 Å². The zero-order chi connectivity index (χ0) is 13.9. The second-order valence-corrected chi connectivity index (χ2v) is 4.77. The lowest BCUT2D eigenvalue weighted by molar-refractivity contribution is -0.116. The topological polar surface area (TPSA) is 50.4 Å². The van der Waals surface area contributed by atoms with E-state index in [2.05, 4.69) is 10.6 Å². The number of anilines is 2. The normalized spacial score (nSPS) is 17.4. The van der Waals surface area contributed by atoms with Crippen LogP contribution in [0.15, 0.2) is 48.5 Å². The van der Waals surface area contributed by atoms with E-state index >= 15 is 0 Å². The minimum atomic E-state index is -0.0374. The number of carbonyl (C=O) groups excluding carboxylic acids is 1. The van der Waals surface area contributed by atoms with Crippen molar-refractivity contribution in [3.05, 3.63) is 54.1 Å². The second kappa shape index (κ2) is 5.25. The SMILES string of the molecule is COc1ccc(C2CC(=O)Nc3ccccc3N2)cc1. The van der Waals surface area contributed by atoms with E-state index in [1.54, 1.807) is 7.11 Å². The first-order chi connectivity index (χ1) is 9.76. The molecule has 0 bridgehead atoms. The molecule has 0 fully saturated rings. The first kappa shape index (κ1) is 12.5. The quantitative estimate of drug-likeness (QED) is 0.879. The fourth-order valence-electron chi connectivity index (χ4n) is 2.38. The van der Waals surface area contributed by atoms with Gasteiger partial charge >= 0.3 is 0 Å². The van der Waals surface area contributed by atoms with Crippen LogP contribution in [0.5, 0.6) is 5.75 Å². The predicted molar refractivity (Wildman–Crippen MR) is 79.0 cm³/mol. The molecule has 0 aromatic heterocycles. The summed E-state index contributed by atoms with van der Waals surface area (Å²) >= 11 is 0. The van der Waals surface area contributed by atoms with Crippen molar-refractivity contribution in [2.45, 2.75) is 12.5 Å². The smallest absolute Gasteiger partial charge is 0.226 e. The molecule has 1 aliphatic rings. The first-order valence-electron chi connectivity index (χ1n) is 6.55. The van der Waals surface area contributed by atoms with Crippen LogP contribution in [0, 0.1) is 0 Å². The van der Waals surface area contributed by atoms with E-state index in [0.29, 0.717) is 6.42 Å². The Morgan fingerprint density at radius 3 is 2.45 bits per heavy atom. The molecule has 2 aromatic carbocycles. The molecular weight excluding hydrogens is 252 g/mol. The average molecular weight is 268 g/mol. The number of nitrogens with one attached hydrogen (secondary N) is 2. The summed E-state index contributed by atoms with van der Waals surface area (Å²) in [6.07, 6.45) is 0.404. The van der Waals surface area contributed by atoms with Gasteiger partial charge in [-0.1, -0.05) is 24.3 Å². The maximum Gasteiger partial charge on any atom is 0.226 e. The van der Waals surface area contributed by atoms with Crippen LogP contribution in [-0.2, 0) is 4.79 Å². The summed E-state index contributed by atoms with van der Waals surface area (Å²) < 4.78 is 5.16. The Labute approximate surface area is 117 Å². The molecular formula is C16H16N2O2. The number of methoxy groups -OCH3 is 1. The molecule has 0 saturated carbocycles. The molecule has 1 aliphatic heterocycles. The number of rotatable bonds is 2. The van der Waals surface area contributed by atoms with E-state index in [4.69, 9.17) is 4.74 Å². The molecule has 4 heteroatoms. The van der Waals surface area contributed by atoms with Gasteiger partial charge in [-0.25, -0.2) is 0 Å². The number of hydrogen-bond acceptors (Lipinski definition) is 3. The lowest BCUT2D eigenvalue weighted by Gasteiger charge is -2.17. The molecule has 1 amide bonds. The zero-order valence-electron chi connectivity index (χ0n) is 11.2. The third-order valence-corrected chi connectivity index (χ3v) is 3.44. The lowest BCUT2D eigenvalue weighted by Crippen LogP contribution is -2.15. The van der Waals surface area contributed by atoms with Gasteiger partial charge in [0.1, 0.15) is 5.75 Å². The van der Waals surface area contributed by atoms with E-state index in [1.165, 1.54) is 0 Å². The zero-order valence-corrected chi connectivity index (χ0v) is 11.2. The monoisotopic (exact) mass is 268 g/mol. The Hall–Kier alpha value is -2.49. The van der Waals surface area contributed by atoms with Crippen LogP contribution in [0.2, 0.25) is 0 Å². The molecule has 1 unspecified atom stereocenters. The first-order valence-corrected chi connectivity index (χ1v) is 6.55. The molecule has 0 spiro atoms. The maximum atomic E-state index is 12.0. The average Bonchev–Trinajstić information content (AvgIpc) is 2.65. The molecule has 2 aromatic rings. The number of benzene rings is 2. The Bertz CT molecular complexity index is 623. The summed E-state index contributed by atoms with van der Waals surface area (Å²) in [4.78, 5) is 12.0. The van der Waals surface area contributed by atoms with Crippen LogP contribution >= 0.6 is 0 Å². The van der Waals surface area contributed by atoms with Crippen LogP contribution in [0.3, 0.4) is 0 Å². The van der Waals surface area contributed by atoms with Crippen LogP contribution in [0.25, 0.3) is 0 Å². The Balaban J connectivity index is 1.91. The van der Waals surface area contributed by atoms with Crippen molar-refractivity contribution in [2.75, 3.05) is 17.7 Å². The largest absolute Gasteiger partial charge is 0.497 e. The van der Waals surface area contributed by atoms with Gasteiger partial charge in [0.15, 0.2) is 0 Å². The van der Waals surface area contributed by atoms with E-state index in [9.17, 15) is 4.79 Å². The van der Waals surface area contributed by atoms with Gasteiger partial charge in [0.05, 0.1) is 30.9 Å². The molecule has 0 saturated heterocycles. The summed E-state index contributed by atoms with van der Waals surface area (Å²) in [5, 5.41) is 6.34. The molecule has 102 valence electrons. The molecule has 20 heavy (non-hydrogen) atoms. The number of para-hydroxylation sites is 2. The summed E-state index contributed by atoms with van der Waals surface area (Å²) in [6.45, 7) is 0. The molecule has 4 nitrogen and oxygen atoms in total. The van der Waals surface area contributed by atoms with Crippen molar-refractivity contribution >= 4 is 17.3 Å². The van der Waals surface area contributed by atoms with Crippen molar-refractivity contribution in [2.24, 2.45) is 0 Å². The molecule has 3 rings (SSSR count). The van der Waals surface area contributed by atoms with Crippen LogP contribution < -0.4 is 15.4 Å². The van der Waals surface area contributed by atoms with Crippen molar-refractivity contribution in [3.8, 4) is 5.75 Å². The highest BCUT2D eigenvalue weighted by molar-refractivity contribution is 5.96. The number of fused-ring (bicyclic) bond motifs is 1. The highest BCUT2D eigenvalue weighted by Gasteiger charge is 2.21. The Kier molecular flexibility index (Phi) is 3.29. The Morgan fingerprint density at radius 2 is 1.75 bits per heavy atom.